The van der Waals surface area contributed by atoms with Crippen molar-refractivity contribution < 1.29 is 0 Å². The zero-order valence-electron chi connectivity index (χ0n) is 26.6. The molecular weight excluding hydrogens is 595 g/mol. The SMILES string of the molecule is c1ccc(-c2ccc(-c3nc4ccccc4nc3-n3c4ccc5ccccc5c4c4c5ccccc5c(-c5ccccc5)cc43)cc2)cc1. The summed E-state index contributed by atoms with van der Waals surface area (Å²) in [5.41, 5.74) is 10.6. The van der Waals surface area contributed by atoms with Crippen LogP contribution in [0, 0.1) is 0 Å². The minimum atomic E-state index is 0.815. The lowest BCUT2D eigenvalue weighted by Crippen LogP contribution is -2.04. The predicted octanol–water partition coefficient (Wildman–Crippen LogP) is 12.0. The molecule has 10 rings (SSSR count). The Balaban J connectivity index is 1.36. The number of rotatable bonds is 4. The molecule has 0 fully saturated rings. The molecular formula is C46H29N3. The van der Waals surface area contributed by atoms with Gasteiger partial charge in [0.15, 0.2) is 5.82 Å². The van der Waals surface area contributed by atoms with E-state index in [9.17, 15) is 0 Å². The molecule has 2 aromatic heterocycles. The molecule has 0 saturated carbocycles. The maximum Gasteiger partial charge on any atom is 0.165 e. The molecule has 0 unspecified atom stereocenters. The van der Waals surface area contributed by atoms with Gasteiger partial charge in [0.05, 0.1) is 22.1 Å². The van der Waals surface area contributed by atoms with Gasteiger partial charge in [0.25, 0.3) is 0 Å². The molecule has 8 aromatic carbocycles. The van der Waals surface area contributed by atoms with E-state index in [0.29, 0.717) is 0 Å². The van der Waals surface area contributed by atoms with Crippen molar-refractivity contribution in [3.63, 3.8) is 0 Å². The second kappa shape index (κ2) is 11.0. The molecule has 49 heavy (non-hydrogen) atoms. The second-order valence-electron chi connectivity index (χ2n) is 12.6. The van der Waals surface area contributed by atoms with Gasteiger partial charge < -0.3 is 0 Å². The number of hydrogen-bond donors (Lipinski definition) is 0. The summed E-state index contributed by atoms with van der Waals surface area (Å²) in [6.07, 6.45) is 0. The molecule has 10 aromatic rings. The number of fused-ring (bicyclic) bond motifs is 8. The first-order chi connectivity index (χ1) is 24.3. The van der Waals surface area contributed by atoms with E-state index in [0.717, 1.165) is 39.1 Å². The third kappa shape index (κ3) is 4.37. The third-order valence-electron chi connectivity index (χ3n) is 9.78. The third-order valence-corrected chi connectivity index (χ3v) is 9.78. The number of aromatic nitrogens is 3. The average Bonchev–Trinajstić information content (AvgIpc) is 3.52. The minimum absolute atomic E-state index is 0.815. The van der Waals surface area contributed by atoms with Crippen molar-refractivity contribution in [2.45, 2.75) is 0 Å². The highest BCUT2D eigenvalue weighted by atomic mass is 15.1. The van der Waals surface area contributed by atoms with Crippen LogP contribution in [0.2, 0.25) is 0 Å². The summed E-state index contributed by atoms with van der Waals surface area (Å²) in [6, 6.07) is 62.5. The number of para-hydroxylation sites is 2. The average molecular weight is 624 g/mol. The second-order valence-corrected chi connectivity index (χ2v) is 12.6. The highest BCUT2D eigenvalue weighted by molar-refractivity contribution is 6.30. The molecule has 0 saturated heterocycles. The molecule has 0 bridgehead atoms. The molecule has 0 amide bonds. The Kier molecular flexibility index (Phi) is 6.18. The van der Waals surface area contributed by atoms with E-state index in [-0.39, 0.29) is 0 Å². The maximum absolute atomic E-state index is 5.44. The molecule has 0 atom stereocenters. The molecule has 228 valence electrons. The van der Waals surface area contributed by atoms with Gasteiger partial charge in [-0.15, -0.1) is 0 Å². The first-order valence-corrected chi connectivity index (χ1v) is 16.7. The van der Waals surface area contributed by atoms with Crippen molar-refractivity contribution in [2.75, 3.05) is 0 Å². The van der Waals surface area contributed by atoms with Gasteiger partial charge in [0.1, 0.15) is 5.69 Å². The van der Waals surface area contributed by atoms with Crippen molar-refractivity contribution >= 4 is 54.4 Å². The van der Waals surface area contributed by atoms with Crippen LogP contribution >= 0.6 is 0 Å². The Hall–Kier alpha value is -6.58. The zero-order valence-corrected chi connectivity index (χ0v) is 26.6. The summed E-state index contributed by atoms with van der Waals surface area (Å²) in [5, 5.41) is 7.35. The van der Waals surface area contributed by atoms with E-state index in [2.05, 4.69) is 162 Å². The maximum atomic E-state index is 5.44. The van der Waals surface area contributed by atoms with Crippen molar-refractivity contribution in [2.24, 2.45) is 0 Å². The topological polar surface area (TPSA) is 30.7 Å². The molecule has 0 aliphatic rings. The molecule has 3 nitrogen and oxygen atoms in total. The minimum Gasteiger partial charge on any atom is -0.292 e. The largest absolute Gasteiger partial charge is 0.292 e. The van der Waals surface area contributed by atoms with Crippen LogP contribution in [0.15, 0.2) is 176 Å². The highest BCUT2D eigenvalue weighted by Gasteiger charge is 2.23. The summed E-state index contributed by atoms with van der Waals surface area (Å²) in [7, 11) is 0. The summed E-state index contributed by atoms with van der Waals surface area (Å²) in [6.45, 7) is 0. The zero-order chi connectivity index (χ0) is 32.3. The monoisotopic (exact) mass is 623 g/mol. The van der Waals surface area contributed by atoms with E-state index >= 15 is 0 Å². The number of hydrogen-bond acceptors (Lipinski definition) is 2. The quantitative estimate of drug-likeness (QED) is 0.195. The van der Waals surface area contributed by atoms with Crippen molar-refractivity contribution in [1.29, 1.82) is 0 Å². The molecule has 0 aliphatic carbocycles. The Bertz CT molecular complexity index is 2850. The van der Waals surface area contributed by atoms with E-state index in [1.807, 2.05) is 18.2 Å². The van der Waals surface area contributed by atoms with E-state index in [1.165, 1.54) is 54.6 Å². The predicted molar refractivity (Wildman–Crippen MR) is 205 cm³/mol. The van der Waals surface area contributed by atoms with Gasteiger partial charge in [-0.1, -0.05) is 152 Å². The van der Waals surface area contributed by atoms with Gasteiger partial charge in [0, 0.05) is 16.3 Å². The number of benzene rings is 8. The molecule has 0 N–H and O–H groups in total. The fourth-order valence-electron chi connectivity index (χ4n) is 7.51. The Morgan fingerprint density at radius 2 is 0.918 bits per heavy atom. The Labute approximate surface area is 283 Å². The molecule has 0 radical (unpaired) electrons. The molecule has 0 aliphatic heterocycles. The van der Waals surface area contributed by atoms with Crippen LogP contribution in [0.25, 0.3) is 93.7 Å². The van der Waals surface area contributed by atoms with Gasteiger partial charge in [0.2, 0.25) is 0 Å². The van der Waals surface area contributed by atoms with E-state index in [1.54, 1.807) is 0 Å². The Morgan fingerprint density at radius 1 is 0.367 bits per heavy atom. The van der Waals surface area contributed by atoms with Gasteiger partial charge in [-0.3, -0.25) is 4.57 Å². The summed E-state index contributed by atoms with van der Waals surface area (Å²) < 4.78 is 2.36. The summed E-state index contributed by atoms with van der Waals surface area (Å²) in [4.78, 5) is 10.8. The lowest BCUT2D eigenvalue weighted by molar-refractivity contribution is 1.08. The lowest BCUT2D eigenvalue weighted by Gasteiger charge is -2.15. The van der Waals surface area contributed by atoms with E-state index in [4.69, 9.17) is 9.97 Å². The highest BCUT2D eigenvalue weighted by Crippen LogP contribution is 2.44. The molecule has 3 heteroatoms. The van der Waals surface area contributed by atoms with Gasteiger partial charge in [-0.2, -0.15) is 0 Å². The lowest BCUT2D eigenvalue weighted by atomic mass is 9.94. The Morgan fingerprint density at radius 3 is 1.67 bits per heavy atom. The van der Waals surface area contributed by atoms with Crippen LogP contribution in [0.5, 0.6) is 0 Å². The van der Waals surface area contributed by atoms with Gasteiger partial charge in [-0.25, -0.2) is 9.97 Å². The van der Waals surface area contributed by atoms with Crippen LogP contribution in [0.3, 0.4) is 0 Å². The number of nitrogens with zero attached hydrogens (tertiary/aromatic N) is 3. The fraction of sp³-hybridized carbons (Fsp3) is 0. The first kappa shape index (κ1) is 27.5. The molecule has 0 spiro atoms. The molecule has 2 heterocycles. The van der Waals surface area contributed by atoms with Crippen molar-refractivity contribution in [1.82, 2.24) is 14.5 Å². The van der Waals surface area contributed by atoms with Crippen molar-refractivity contribution in [3.8, 4) is 39.3 Å². The summed E-state index contributed by atoms with van der Waals surface area (Å²) in [5.74, 6) is 0.815. The van der Waals surface area contributed by atoms with Gasteiger partial charge in [-0.05, 0) is 68.1 Å². The van der Waals surface area contributed by atoms with Gasteiger partial charge >= 0.3 is 0 Å². The first-order valence-electron chi connectivity index (χ1n) is 16.7. The van der Waals surface area contributed by atoms with Crippen LogP contribution < -0.4 is 0 Å². The van der Waals surface area contributed by atoms with Crippen LogP contribution in [-0.4, -0.2) is 14.5 Å². The van der Waals surface area contributed by atoms with Crippen molar-refractivity contribution in [3.05, 3.63) is 176 Å². The normalized spacial score (nSPS) is 11.7. The van der Waals surface area contributed by atoms with Crippen LogP contribution in [-0.2, 0) is 0 Å². The van der Waals surface area contributed by atoms with Crippen LogP contribution in [0.4, 0.5) is 0 Å². The van der Waals surface area contributed by atoms with E-state index < -0.39 is 0 Å². The standard InChI is InChI=1S/C46H29N3/c1-3-13-30(14-4-1)31-23-25-34(26-24-31)45-46(48-40-22-12-11-21-39(40)47-45)49-41-28-27-33-17-7-8-18-35(33)43(41)44-37-20-10-9-19-36(37)38(29-42(44)49)32-15-5-2-6-16-32/h1-29H. The smallest absolute Gasteiger partial charge is 0.165 e. The summed E-state index contributed by atoms with van der Waals surface area (Å²) >= 11 is 0. The van der Waals surface area contributed by atoms with Crippen LogP contribution in [0.1, 0.15) is 0 Å². The fourth-order valence-corrected chi connectivity index (χ4v) is 7.51.